The zero-order valence-corrected chi connectivity index (χ0v) is 10.0. The van der Waals surface area contributed by atoms with Crippen molar-refractivity contribution in [2.75, 3.05) is 13.2 Å². The predicted molar refractivity (Wildman–Crippen MR) is 58.6 cm³/mol. The molecule has 0 radical (unpaired) electrons. The van der Waals surface area contributed by atoms with Crippen molar-refractivity contribution in [3.05, 3.63) is 0 Å². The summed E-state index contributed by atoms with van der Waals surface area (Å²) in [6.45, 7) is 7.55. The normalized spacial score (nSPS) is 25.7. The molecule has 1 aliphatic heterocycles. The Labute approximate surface area is 92.1 Å². The highest BCUT2D eigenvalue weighted by molar-refractivity contribution is 5.69. The zero-order valence-electron chi connectivity index (χ0n) is 10.0. The van der Waals surface area contributed by atoms with Crippen LogP contribution in [0.3, 0.4) is 0 Å². The monoisotopic (exact) mass is 214 g/mol. The Morgan fingerprint density at radius 3 is 2.87 bits per heavy atom. The summed E-state index contributed by atoms with van der Waals surface area (Å²) in [5, 5.41) is 0. The highest BCUT2D eigenvalue weighted by Crippen LogP contribution is 2.31. The first-order valence-electron chi connectivity index (χ1n) is 5.81. The van der Waals surface area contributed by atoms with Gasteiger partial charge in [-0.15, -0.1) is 0 Å². The molecule has 3 heteroatoms. The van der Waals surface area contributed by atoms with Crippen LogP contribution in [0.25, 0.3) is 0 Å². The van der Waals surface area contributed by atoms with Crippen LogP contribution in [-0.2, 0) is 14.3 Å². The molecule has 1 atom stereocenters. The fourth-order valence-electron chi connectivity index (χ4n) is 1.83. The van der Waals surface area contributed by atoms with E-state index in [4.69, 9.17) is 9.47 Å². The molecule has 0 amide bonds. The van der Waals surface area contributed by atoms with E-state index in [9.17, 15) is 4.79 Å². The molecule has 0 saturated carbocycles. The van der Waals surface area contributed by atoms with Gasteiger partial charge >= 0.3 is 5.97 Å². The highest BCUT2D eigenvalue weighted by Gasteiger charge is 2.26. The van der Waals surface area contributed by atoms with Crippen molar-refractivity contribution in [3.8, 4) is 0 Å². The average Bonchev–Trinajstić information content (AvgIpc) is 2.28. The number of hydrogen-bond donors (Lipinski definition) is 0. The van der Waals surface area contributed by atoms with E-state index in [0.29, 0.717) is 18.4 Å². The van der Waals surface area contributed by atoms with Gasteiger partial charge in [0.2, 0.25) is 0 Å². The van der Waals surface area contributed by atoms with Crippen LogP contribution in [0.2, 0.25) is 0 Å². The first-order chi connectivity index (χ1) is 7.03. The Balaban J connectivity index is 2.34. The molecule has 0 spiro atoms. The smallest absolute Gasteiger partial charge is 0.308 e. The quantitative estimate of drug-likeness (QED) is 0.677. The fourth-order valence-corrected chi connectivity index (χ4v) is 1.83. The molecule has 0 N–H and O–H groups in total. The minimum atomic E-state index is -0.137. The first-order valence-corrected chi connectivity index (χ1v) is 5.81. The average molecular weight is 214 g/mol. The van der Waals surface area contributed by atoms with Gasteiger partial charge in [0.15, 0.2) is 0 Å². The molecule has 1 saturated heterocycles. The first kappa shape index (κ1) is 12.5. The lowest BCUT2D eigenvalue weighted by atomic mass is 9.84. The summed E-state index contributed by atoms with van der Waals surface area (Å²) >= 11 is 0. The van der Waals surface area contributed by atoms with Crippen molar-refractivity contribution in [2.45, 2.75) is 52.6 Å². The molecule has 1 unspecified atom stereocenters. The summed E-state index contributed by atoms with van der Waals surface area (Å²) in [5.41, 5.74) is 0.351. The molecule has 1 aliphatic rings. The Bertz CT molecular complexity index is 211. The molecule has 1 fully saturated rings. The minimum Gasteiger partial charge on any atom is -0.466 e. The van der Waals surface area contributed by atoms with Crippen LogP contribution >= 0.6 is 0 Å². The Morgan fingerprint density at radius 2 is 2.20 bits per heavy atom. The Morgan fingerprint density at radius 1 is 1.47 bits per heavy atom. The van der Waals surface area contributed by atoms with E-state index in [0.717, 1.165) is 25.9 Å². The second kappa shape index (κ2) is 5.50. The van der Waals surface area contributed by atoms with Crippen molar-refractivity contribution < 1.29 is 14.3 Å². The van der Waals surface area contributed by atoms with Crippen LogP contribution < -0.4 is 0 Å². The zero-order chi connectivity index (χ0) is 11.3. The van der Waals surface area contributed by atoms with Crippen molar-refractivity contribution in [3.63, 3.8) is 0 Å². The summed E-state index contributed by atoms with van der Waals surface area (Å²) in [7, 11) is 0. The number of hydrogen-bond acceptors (Lipinski definition) is 3. The number of rotatable bonds is 3. The van der Waals surface area contributed by atoms with Crippen molar-refractivity contribution in [1.82, 2.24) is 0 Å². The van der Waals surface area contributed by atoms with E-state index in [1.54, 1.807) is 0 Å². The summed E-state index contributed by atoms with van der Waals surface area (Å²) in [6, 6.07) is 0. The second-order valence-electron chi connectivity index (χ2n) is 4.95. The largest absolute Gasteiger partial charge is 0.466 e. The molecule has 0 aromatic carbocycles. The third-order valence-corrected chi connectivity index (χ3v) is 2.98. The molecule has 0 aromatic heterocycles. The van der Waals surface area contributed by atoms with E-state index in [1.807, 2.05) is 6.92 Å². The van der Waals surface area contributed by atoms with Crippen LogP contribution in [0.15, 0.2) is 0 Å². The van der Waals surface area contributed by atoms with Crippen molar-refractivity contribution in [1.29, 1.82) is 0 Å². The van der Waals surface area contributed by atoms with Gasteiger partial charge in [0.1, 0.15) is 0 Å². The van der Waals surface area contributed by atoms with E-state index >= 15 is 0 Å². The molecular formula is C12H22O3. The number of ether oxygens (including phenoxy) is 2. The van der Waals surface area contributed by atoms with E-state index in [-0.39, 0.29) is 12.1 Å². The van der Waals surface area contributed by atoms with Gasteiger partial charge in [-0.1, -0.05) is 13.8 Å². The van der Waals surface area contributed by atoms with Crippen molar-refractivity contribution >= 4 is 5.97 Å². The Hall–Kier alpha value is -0.570. The van der Waals surface area contributed by atoms with Crippen LogP contribution in [-0.4, -0.2) is 25.3 Å². The molecule has 0 aromatic rings. The van der Waals surface area contributed by atoms with Gasteiger partial charge in [0, 0.05) is 6.61 Å². The Kier molecular flexibility index (Phi) is 4.58. The van der Waals surface area contributed by atoms with Gasteiger partial charge in [0.05, 0.1) is 19.1 Å². The SMILES string of the molecule is CCOC(=O)CC1CCC(C)(C)CCO1. The fraction of sp³-hybridized carbons (Fsp3) is 0.917. The predicted octanol–water partition coefficient (Wildman–Crippen LogP) is 2.53. The lowest BCUT2D eigenvalue weighted by Gasteiger charge is -2.20. The van der Waals surface area contributed by atoms with Gasteiger partial charge in [0.25, 0.3) is 0 Å². The van der Waals surface area contributed by atoms with Crippen LogP contribution in [0.4, 0.5) is 0 Å². The van der Waals surface area contributed by atoms with Crippen molar-refractivity contribution in [2.24, 2.45) is 5.41 Å². The molecule has 15 heavy (non-hydrogen) atoms. The summed E-state index contributed by atoms with van der Waals surface area (Å²) in [5.74, 6) is -0.137. The number of esters is 1. The van der Waals surface area contributed by atoms with Crippen LogP contribution in [0.5, 0.6) is 0 Å². The lowest BCUT2D eigenvalue weighted by Crippen LogP contribution is -2.18. The number of carbonyl (C=O) groups excluding carboxylic acids is 1. The second-order valence-corrected chi connectivity index (χ2v) is 4.95. The topological polar surface area (TPSA) is 35.5 Å². The molecule has 0 bridgehead atoms. The maximum atomic E-state index is 11.3. The maximum absolute atomic E-state index is 11.3. The van der Waals surface area contributed by atoms with Crippen LogP contribution in [0, 0.1) is 5.41 Å². The van der Waals surface area contributed by atoms with Gasteiger partial charge < -0.3 is 9.47 Å². The molecule has 0 aliphatic carbocycles. The summed E-state index contributed by atoms with van der Waals surface area (Å²) in [6.07, 6.45) is 3.63. The van der Waals surface area contributed by atoms with Gasteiger partial charge in [-0.05, 0) is 31.6 Å². The summed E-state index contributed by atoms with van der Waals surface area (Å²) < 4.78 is 10.6. The molecular weight excluding hydrogens is 192 g/mol. The standard InChI is InChI=1S/C12H22O3/c1-4-14-11(13)9-10-5-6-12(2,3)7-8-15-10/h10H,4-9H2,1-3H3. The van der Waals surface area contributed by atoms with E-state index < -0.39 is 0 Å². The van der Waals surface area contributed by atoms with Gasteiger partial charge in [-0.2, -0.15) is 0 Å². The molecule has 3 nitrogen and oxygen atoms in total. The molecule has 1 heterocycles. The minimum absolute atomic E-state index is 0.0609. The van der Waals surface area contributed by atoms with E-state index in [2.05, 4.69) is 13.8 Å². The summed E-state index contributed by atoms with van der Waals surface area (Å²) in [4.78, 5) is 11.3. The van der Waals surface area contributed by atoms with Gasteiger partial charge in [-0.3, -0.25) is 4.79 Å². The van der Waals surface area contributed by atoms with Gasteiger partial charge in [-0.25, -0.2) is 0 Å². The third-order valence-electron chi connectivity index (χ3n) is 2.98. The maximum Gasteiger partial charge on any atom is 0.308 e. The molecule has 88 valence electrons. The lowest BCUT2D eigenvalue weighted by molar-refractivity contribution is -0.146. The molecule has 1 rings (SSSR count). The highest BCUT2D eigenvalue weighted by atomic mass is 16.5. The third kappa shape index (κ3) is 4.65. The van der Waals surface area contributed by atoms with Crippen LogP contribution in [0.1, 0.15) is 46.5 Å². The van der Waals surface area contributed by atoms with E-state index in [1.165, 1.54) is 0 Å². The number of carbonyl (C=O) groups is 1.